The van der Waals surface area contributed by atoms with E-state index in [1.807, 2.05) is 0 Å². The highest BCUT2D eigenvalue weighted by molar-refractivity contribution is 5.99. The molecule has 0 bridgehead atoms. The fourth-order valence-electron chi connectivity index (χ4n) is 1.94. The second-order valence-corrected chi connectivity index (χ2v) is 4.81. The van der Waals surface area contributed by atoms with Crippen LogP contribution < -0.4 is 11.1 Å². The van der Waals surface area contributed by atoms with Gasteiger partial charge < -0.3 is 16.2 Å². The Labute approximate surface area is 101 Å². The van der Waals surface area contributed by atoms with Crippen LogP contribution in [-0.4, -0.2) is 17.6 Å². The van der Waals surface area contributed by atoms with Crippen LogP contribution >= 0.6 is 0 Å². The first kappa shape index (κ1) is 11.8. The van der Waals surface area contributed by atoms with E-state index in [-0.39, 0.29) is 11.7 Å². The van der Waals surface area contributed by atoms with Crippen molar-refractivity contribution in [2.75, 3.05) is 12.3 Å². The highest BCUT2D eigenvalue weighted by Crippen LogP contribution is 2.47. The molecular formula is C13H18N2O2. The molecule has 17 heavy (non-hydrogen) atoms. The molecule has 1 fully saturated rings. The number of nitrogen functional groups attached to an aromatic ring is 1. The van der Waals surface area contributed by atoms with Gasteiger partial charge in [-0.2, -0.15) is 0 Å². The summed E-state index contributed by atoms with van der Waals surface area (Å²) in [7, 11) is 0. The topological polar surface area (TPSA) is 75.3 Å². The number of amides is 1. The van der Waals surface area contributed by atoms with Gasteiger partial charge in [-0.25, -0.2) is 0 Å². The lowest BCUT2D eigenvalue weighted by Crippen LogP contribution is -2.30. The Kier molecular flexibility index (Phi) is 2.96. The minimum atomic E-state index is -0.210. The number of nitrogens with two attached hydrogens (primary N) is 1. The number of benzene rings is 1. The molecule has 4 N–H and O–H groups in total. The normalized spacial score (nSPS) is 16.5. The van der Waals surface area contributed by atoms with Crippen molar-refractivity contribution in [3.8, 4) is 5.75 Å². The van der Waals surface area contributed by atoms with Crippen molar-refractivity contribution in [2.45, 2.75) is 26.2 Å². The fourth-order valence-corrected chi connectivity index (χ4v) is 1.94. The van der Waals surface area contributed by atoms with Gasteiger partial charge in [0, 0.05) is 12.2 Å². The Hall–Kier alpha value is -1.71. The number of anilines is 1. The number of nitrogens with one attached hydrogen (secondary N) is 1. The largest absolute Gasteiger partial charge is 0.508 e. The van der Waals surface area contributed by atoms with Gasteiger partial charge in [-0.3, -0.25) is 4.79 Å². The van der Waals surface area contributed by atoms with Gasteiger partial charge in [0.05, 0.1) is 5.56 Å². The lowest BCUT2D eigenvalue weighted by atomic mass is 10.0. The van der Waals surface area contributed by atoms with Gasteiger partial charge in [-0.15, -0.1) is 0 Å². The molecule has 0 radical (unpaired) electrons. The van der Waals surface area contributed by atoms with Crippen molar-refractivity contribution in [2.24, 2.45) is 5.41 Å². The molecule has 0 saturated heterocycles. The predicted octanol–water partition coefficient (Wildman–Crippen LogP) is 1.89. The van der Waals surface area contributed by atoms with Gasteiger partial charge in [0.1, 0.15) is 5.75 Å². The van der Waals surface area contributed by atoms with E-state index < -0.39 is 0 Å². The minimum absolute atomic E-state index is 0.0565. The highest BCUT2D eigenvalue weighted by Gasteiger charge is 2.40. The molecule has 1 aliphatic carbocycles. The van der Waals surface area contributed by atoms with Gasteiger partial charge in [-0.1, -0.05) is 6.92 Å². The van der Waals surface area contributed by atoms with Crippen molar-refractivity contribution >= 4 is 11.6 Å². The Balaban J connectivity index is 2.02. The molecule has 0 spiro atoms. The quantitative estimate of drug-likeness (QED) is 0.550. The lowest BCUT2D eigenvalue weighted by Gasteiger charge is -2.14. The molecule has 1 saturated carbocycles. The zero-order valence-corrected chi connectivity index (χ0v) is 9.99. The summed E-state index contributed by atoms with van der Waals surface area (Å²) in [6.07, 6.45) is 3.45. The van der Waals surface area contributed by atoms with Gasteiger partial charge in [0.2, 0.25) is 0 Å². The van der Waals surface area contributed by atoms with E-state index >= 15 is 0 Å². The maximum atomic E-state index is 11.9. The highest BCUT2D eigenvalue weighted by atomic mass is 16.3. The summed E-state index contributed by atoms with van der Waals surface area (Å²) in [6, 6.07) is 4.41. The van der Waals surface area contributed by atoms with Crippen LogP contribution in [0.15, 0.2) is 18.2 Å². The molecule has 1 aromatic carbocycles. The van der Waals surface area contributed by atoms with Gasteiger partial charge in [0.25, 0.3) is 5.91 Å². The zero-order valence-electron chi connectivity index (χ0n) is 9.99. The molecule has 0 aromatic heterocycles. The molecule has 4 heteroatoms. The van der Waals surface area contributed by atoms with Gasteiger partial charge >= 0.3 is 0 Å². The molecule has 1 aliphatic rings. The average Bonchev–Trinajstić information content (AvgIpc) is 3.10. The molecule has 2 rings (SSSR count). The number of phenols is 1. The van der Waals surface area contributed by atoms with Crippen molar-refractivity contribution in [1.82, 2.24) is 5.32 Å². The van der Waals surface area contributed by atoms with Crippen molar-refractivity contribution < 1.29 is 9.90 Å². The first-order chi connectivity index (χ1) is 8.06. The summed E-state index contributed by atoms with van der Waals surface area (Å²) in [6.45, 7) is 2.83. The smallest absolute Gasteiger partial charge is 0.253 e. The molecular weight excluding hydrogens is 216 g/mol. The summed E-state index contributed by atoms with van der Waals surface area (Å²) in [5.41, 5.74) is 6.75. The fraction of sp³-hybridized carbons (Fsp3) is 0.462. The second kappa shape index (κ2) is 4.28. The number of rotatable bonds is 4. The first-order valence-electron chi connectivity index (χ1n) is 5.93. The number of carbonyl (C=O) groups is 1. The van der Waals surface area contributed by atoms with Crippen LogP contribution in [0.2, 0.25) is 0 Å². The third-order valence-electron chi connectivity index (χ3n) is 3.61. The standard InChI is InChI=1S/C13H18N2O2/c1-2-13(5-6-13)8-15-12(17)10-7-9(16)3-4-11(10)14/h3-4,7,16H,2,5-6,8,14H2,1H3,(H,15,17). The molecule has 0 unspecified atom stereocenters. The van der Waals surface area contributed by atoms with Crippen molar-refractivity contribution in [3.05, 3.63) is 23.8 Å². The molecule has 92 valence electrons. The average molecular weight is 234 g/mol. The van der Waals surface area contributed by atoms with Gasteiger partial charge in [0.15, 0.2) is 0 Å². The molecule has 0 atom stereocenters. The predicted molar refractivity (Wildman–Crippen MR) is 66.8 cm³/mol. The van der Waals surface area contributed by atoms with Crippen LogP contribution in [0.3, 0.4) is 0 Å². The van der Waals surface area contributed by atoms with E-state index in [4.69, 9.17) is 5.73 Å². The van der Waals surface area contributed by atoms with Crippen LogP contribution in [0.1, 0.15) is 36.5 Å². The first-order valence-corrected chi connectivity index (χ1v) is 5.93. The SMILES string of the molecule is CCC1(CNC(=O)c2cc(O)ccc2N)CC1. The number of hydrogen-bond donors (Lipinski definition) is 3. The van der Waals surface area contributed by atoms with Crippen LogP contribution in [0, 0.1) is 5.41 Å². The summed E-state index contributed by atoms with van der Waals surface area (Å²) in [5, 5.41) is 12.2. The monoisotopic (exact) mass is 234 g/mol. The van der Waals surface area contributed by atoms with Crippen LogP contribution in [0.25, 0.3) is 0 Å². The summed E-state index contributed by atoms with van der Waals surface area (Å²) < 4.78 is 0. The van der Waals surface area contributed by atoms with E-state index in [1.165, 1.54) is 31.0 Å². The number of aromatic hydroxyl groups is 1. The summed E-state index contributed by atoms with van der Waals surface area (Å²) in [5.74, 6) is -0.154. The number of hydrogen-bond acceptors (Lipinski definition) is 3. The summed E-state index contributed by atoms with van der Waals surface area (Å²) >= 11 is 0. The van der Waals surface area contributed by atoms with Crippen LogP contribution in [0.4, 0.5) is 5.69 Å². The van der Waals surface area contributed by atoms with Crippen LogP contribution in [-0.2, 0) is 0 Å². The Bertz CT molecular complexity index is 439. The van der Waals surface area contributed by atoms with E-state index in [0.29, 0.717) is 23.2 Å². The number of phenolic OH excluding ortho intramolecular Hbond substituents is 1. The third kappa shape index (κ3) is 2.52. The Morgan fingerprint density at radius 1 is 1.53 bits per heavy atom. The van der Waals surface area contributed by atoms with Crippen molar-refractivity contribution in [1.29, 1.82) is 0 Å². The third-order valence-corrected chi connectivity index (χ3v) is 3.61. The molecule has 1 amide bonds. The van der Waals surface area contributed by atoms with Crippen molar-refractivity contribution in [3.63, 3.8) is 0 Å². The number of carbonyl (C=O) groups excluding carboxylic acids is 1. The molecule has 0 aliphatic heterocycles. The Morgan fingerprint density at radius 2 is 2.24 bits per heavy atom. The minimum Gasteiger partial charge on any atom is -0.508 e. The second-order valence-electron chi connectivity index (χ2n) is 4.81. The molecule has 1 aromatic rings. The maximum absolute atomic E-state index is 11.9. The maximum Gasteiger partial charge on any atom is 0.253 e. The Morgan fingerprint density at radius 3 is 2.82 bits per heavy atom. The zero-order chi connectivity index (χ0) is 12.5. The van der Waals surface area contributed by atoms with E-state index in [2.05, 4.69) is 12.2 Å². The van der Waals surface area contributed by atoms with Crippen LogP contribution in [0.5, 0.6) is 5.75 Å². The lowest BCUT2D eigenvalue weighted by molar-refractivity contribution is 0.0945. The summed E-state index contributed by atoms with van der Waals surface area (Å²) in [4.78, 5) is 11.9. The molecule has 0 heterocycles. The molecule has 4 nitrogen and oxygen atoms in total. The van der Waals surface area contributed by atoms with E-state index in [0.717, 1.165) is 6.42 Å². The van der Waals surface area contributed by atoms with Gasteiger partial charge in [-0.05, 0) is 42.9 Å². The van der Waals surface area contributed by atoms with E-state index in [1.54, 1.807) is 0 Å². The van der Waals surface area contributed by atoms with E-state index in [9.17, 15) is 9.90 Å².